The SMILES string of the molecule is O=C(Cc1ccccc1)N1CC[C@H]2CO[C@H](CN3CCCC3)[C@H]2C1. The number of benzene rings is 1. The van der Waals surface area contributed by atoms with Gasteiger partial charge in [-0.05, 0) is 43.8 Å². The van der Waals surface area contributed by atoms with E-state index in [-0.39, 0.29) is 5.91 Å². The number of hydrogen-bond acceptors (Lipinski definition) is 3. The van der Waals surface area contributed by atoms with Gasteiger partial charge in [-0.15, -0.1) is 0 Å². The second-order valence-corrected chi connectivity index (χ2v) is 7.59. The maximum absolute atomic E-state index is 12.7. The van der Waals surface area contributed by atoms with Crippen molar-refractivity contribution in [3.8, 4) is 0 Å². The van der Waals surface area contributed by atoms with Crippen LogP contribution >= 0.6 is 0 Å². The number of ether oxygens (including phenoxy) is 1. The van der Waals surface area contributed by atoms with Crippen LogP contribution in [0.1, 0.15) is 24.8 Å². The normalized spacial score (nSPS) is 30.5. The topological polar surface area (TPSA) is 32.8 Å². The molecule has 3 fully saturated rings. The largest absolute Gasteiger partial charge is 0.376 e. The van der Waals surface area contributed by atoms with Crippen molar-refractivity contribution in [2.24, 2.45) is 11.8 Å². The Bertz CT molecular complexity index is 556. The third-order valence-corrected chi connectivity index (χ3v) is 6.00. The first kappa shape index (κ1) is 16.1. The second kappa shape index (κ2) is 7.24. The molecule has 4 nitrogen and oxygen atoms in total. The van der Waals surface area contributed by atoms with Gasteiger partial charge >= 0.3 is 0 Å². The number of nitrogens with zero attached hydrogens (tertiary/aromatic N) is 2. The van der Waals surface area contributed by atoms with E-state index in [1.54, 1.807) is 0 Å². The summed E-state index contributed by atoms with van der Waals surface area (Å²) in [5, 5.41) is 0. The molecule has 130 valence electrons. The molecule has 1 amide bonds. The van der Waals surface area contributed by atoms with Gasteiger partial charge in [-0.1, -0.05) is 30.3 Å². The molecular formula is C20H28N2O2. The van der Waals surface area contributed by atoms with Crippen LogP contribution in [0.15, 0.2) is 30.3 Å². The van der Waals surface area contributed by atoms with Crippen molar-refractivity contribution in [2.45, 2.75) is 31.8 Å². The van der Waals surface area contributed by atoms with E-state index >= 15 is 0 Å². The maximum Gasteiger partial charge on any atom is 0.227 e. The Morgan fingerprint density at radius 2 is 1.92 bits per heavy atom. The van der Waals surface area contributed by atoms with Gasteiger partial charge in [0.25, 0.3) is 0 Å². The van der Waals surface area contributed by atoms with Crippen LogP contribution in [0.3, 0.4) is 0 Å². The first-order valence-corrected chi connectivity index (χ1v) is 9.45. The fraction of sp³-hybridized carbons (Fsp3) is 0.650. The fourth-order valence-electron chi connectivity index (χ4n) is 4.55. The monoisotopic (exact) mass is 328 g/mol. The summed E-state index contributed by atoms with van der Waals surface area (Å²) < 4.78 is 6.13. The Labute approximate surface area is 144 Å². The van der Waals surface area contributed by atoms with Crippen molar-refractivity contribution in [3.63, 3.8) is 0 Å². The van der Waals surface area contributed by atoms with Crippen LogP contribution < -0.4 is 0 Å². The summed E-state index contributed by atoms with van der Waals surface area (Å²) >= 11 is 0. The van der Waals surface area contributed by atoms with Crippen LogP contribution in [-0.4, -0.2) is 61.1 Å². The molecule has 4 heteroatoms. The minimum absolute atomic E-state index is 0.270. The number of carbonyl (C=O) groups is 1. The van der Waals surface area contributed by atoms with E-state index in [0.717, 1.165) is 38.2 Å². The van der Waals surface area contributed by atoms with Crippen LogP contribution in [-0.2, 0) is 16.0 Å². The number of rotatable bonds is 4. The van der Waals surface area contributed by atoms with Gasteiger partial charge in [0, 0.05) is 25.6 Å². The molecule has 1 aromatic carbocycles. The first-order chi connectivity index (χ1) is 11.8. The van der Waals surface area contributed by atoms with Gasteiger partial charge in [-0.25, -0.2) is 0 Å². The predicted molar refractivity (Wildman–Crippen MR) is 93.7 cm³/mol. The van der Waals surface area contributed by atoms with Crippen molar-refractivity contribution in [3.05, 3.63) is 35.9 Å². The van der Waals surface area contributed by atoms with Crippen LogP contribution in [0.5, 0.6) is 0 Å². The quantitative estimate of drug-likeness (QED) is 0.849. The Balaban J connectivity index is 1.36. The highest BCUT2D eigenvalue weighted by Gasteiger charge is 2.42. The number of fused-ring (bicyclic) bond motifs is 1. The van der Waals surface area contributed by atoms with Gasteiger partial charge in [-0.3, -0.25) is 4.79 Å². The summed E-state index contributed by atoms with van der Waals surface area (Å²) in [6.07, 6.45) is 4.59. The number of piperidine rings is 1. The lowest BCUT2D eigenvalue weighted by Gasteiger charge is -2.37. The molecule has 3 atom stereocenters. The second-order valence-electron chi connectivity index (χ2n) is 7.59. The molecule has 0 aromatic heterocycles. The molecule has 0 N–H and O–H groups in total. The summed E-state index contributed by atoms with van der Waals surface area (Å²) in [5.74, 6) is 1.45. The van der Waals surface area contributed by atoms with Gasteiger partial charge in [0.15, 0.2) is 0 Å². The van der Waals surface area contributed by atoms with Crippen LogP contribution in [0.25, 0.3) is 0 Å². The third-order valence-electron chi connectivity index (χ3n) is 6.00. The van der Waals surface area contributed by atoms with Crippen LogP contribution in [0, 0.1) is 11.8 Å². The molecule has 0 saturated carbocycles. The Morgan fingerprint density at radius 1 is 1.12 bits per heavy atom. The van der Waals surface area contributed by atoms with Crippen molar-refractivity contribution in [1.29, 1.82) is 0 Å². The third kappa shape index (κ3) is 3.50. The van der Waals surface area contributed by atoms with Gasteiger partial charge < -0.3 is 14.5 Å². The smallest absolute Gasteiger partial charge is 0.227 e. The number of likely N-dealkylation sites (tertiary alicyclic amines) is 2. The van der Waals surface area contributed by atoms with E-state index < -0.39 is 0 Å². The molecule has 0 spiro atoms. The van der Waals surface area contributed by atoms with Crippen molar-refractivity contribution in [2.75, 3.05) is 39.3 Å². The zero-order valence-corrected chi connectivity index (χ0v) is 14.4. The highest BCUT2D eigenvalue weighted by atomic mass is 16.5. The highest BCUT2D eigenvalue weighted by Crippen LogP contribution is 2.35. The molecule has 3 aliphatic rings. The maximum atomic E-state index is 12.7. The molecule has 1 aromatic rings. The average molecular weight is 328 g/mol. The summed E-state index contributed by atoms with van der Waals surface area (Å²) in [5.41, 5.74) is 1.11. The minimum Gasteiger partial charge on any atom is -0.376 e. The van der Waals surface area contributed by atoms with Gasteiger partial charge in [0.2, 0.25) is 5.91 Å². The lowest BCUT2D eigenvalue weighted by atomic mass is 9.84. The molecule has 0 unspecified atom stereocenters. The van der Waals surface area contributed by atoms with E-state index in [2.05, 4.69) is 9.80 Å². The lowest BCUT2D eigenvalue weighted by Crippen LogP contribution is -2.47. The molecule has 0 aliphatic carbocycles. The standard InChI is InChI=1S/C20H28N2O2/c23-20(12-16-6-2-1-3-7-16)22-11-8-17-15-24-19(18(17)13-22)14-21-9-4-5-10-21/h1-3,6-7,17-19H,4-5,8-15H2/t17-,18-,19+/m0/s1. The van der Waals surface area contributed by atoms with E-state index in [4.69, 9.17) is 4.74 Å². The van der Waals surface area contributed by atoms with Crippen molar-refractivity contribution < 1.29 is 9.53 Å². The number of hydrogen-bond donors (Lipinski definition) is 0. The van der Waals surface area contributed by atoms with E-state index in [9.17, 15) is 4.79 Å². The zero-order chi connectivity index (χ0) is 16.4. The Kier molecular flexibility index (Phi) is 4.86. The van der Waals surface area contributed by atoms with E-state index in [1.165, 1.54) is 25.9 Å². The summed E-state index contributed by atoms with van der Waals surface area (Å²) in [6.45, 7) is 6.16. The first-order valence-electron chi connectivity index (χ1n) is 9.45. The predicted octanol–water partition coefficient (Wildman–Crippen LogP) is 2.19. The lowest BCUT2D eigenvalue weighted by molar-refractivity contribution is -0.133. The van der Waals surface area contributed by atoms with Crippen molar-refractivity contribution in [1.82, 2.24) is 9.80 Å². The molecule has 3 heterocycles. The molecule has 24 heavy (non-hydrogen) atoms. The summed E-state index contributed by atoms with van der Waals surface area (Å²) in [7, 11) is 0. The average Bonchev–Trinajstić information content (AvgIpc) is 3.26. The minimum atomic E-state index is 0.270. The molecular weight excluding hydrogens is 300 g/mol. The van der Waals surface area contributed by atoms with Gasteiger partial charge in [0.1, 0.15) is 0 Å². The van der Waals surface area contributed by atoms with Crippen LogP contribution in [0.4, 0.5) is 0 Å². The van der Waals surface area contributed by atoms with E-state index in [1.807, 2.05) is 30.3 Å². The van der Waals surface area contributed by atoms with Gasteiger partial charge in [0.05, 0.1) is 19.1 Å². The van der Waals surface area contributed by atoms with Gasteiger partial charge in [-0.2, -0.15) is 0 Å². The van der Waals surface area contributed by atoms with Crippen molar-refractivity contribution >= 4 is 5.91 Å². The Hall–Kier alpha value is -1.39. The molecule has 3 saturated heterocycles. The molecule has 4 rings (SSSR count). The molecule has 3 aliphatic heterocycles. The fourth-order valence-corrected chi connectivity index (χ4v) is 4.55. The zero-order valence-electron chi connectivity index (χ0n) is 14.4. The van der Waals surface area contributed by atoms with Crippen LogP contribution in [0.2, 0.25) is 0 Å². The number of carbonyl (C=O) groups excluding carboxylic acids is 1. The van der Waals surface area contributed by atoms with E-state index in [0.29, 0.717) is 24.4 Å². The molecule has 0 radical (unpaired) electrons. The highest BCUT2D eigenvalue weighted by molar-refractivity contribution is 5.78. The Morgan fingerprint density at radius 3 is 2.71 bits per heavy atom. The molecule has 0 bridgehead atoms. The number of amides is 1. The summed E-state index contributed by atoms with van der Waals surface area (Å²) in [4.78, 5) is 17.3. The summed E-state index contributed by atoms with van der Waals surface area (Å²) in [6, 6.07) is 10.1.